The van der Waals surface area contributed by atoms with E-state index in [9.17, 15) is 19.1 Å². The van der Waals surface area contributed by atoms with Crippen LogP contribution in [0.5, 0.6) is 5.75 Å². The summed E-state index contributed by atoms with van der Waals surface area (Å²) in [5.74, 6) is -0.683. The number of carboxylic acids is 1. The van der Waals surface area contributed by atoms with Gasteiger partial charge in [-0.25, -0.2) is 14.4 Å². The molecule has 8 nitrogen and oxygen atoms in total. The number of hydrogen-bond donors (Lipinski definition) is 1. The second-order valence-electron chi connectivity index (χ2n) is 10.6. The number of aromatic nitrogens is 2. The van der Waals surface area contributed by atoms with E-state index in [2.05, 4.69) is 34.1 Å². The first-order valence-electron chi connectivity index (χ1n) is 14.1. The monoisotopic (exact) mass is 602 g/mol. The Kier molecular flexibility index (Phi) is 9.84. The summed E-state index contributed by atoms with van der Waals surface area (Å²) in [5.41, 5.74) is 2.23. The minimum Gasteiger partial charge on any atom is -0.487 e. The molecule has 5 rings (SSSR count). The number of rotatable bonds is 11. The van der Waals surface area contributed by atoms with Gasteiger partial charge in [0, 0.05) is 30.9 Å². The number of carbonyl (C=O) groups excluding carboxylic acids is 1. The van der Waals surface area contributed by atoms with E-state index in [0.29, 0.717) is 33.9 Å². The summed E-state index contributed by atoms with van der Waals surface area (Å²) in [5, 5.41) is 10.1. The average Bonchev–Trinajstić information content (AvgIpc) is 3.01. The lowest BCUT2D eigenvalue weighted by Crippen LogP contribution is -2.37. The highest BCUT2D eigenvalue weighted by Crippen LogP contribution is 2.26. The van der Waals surface area contributed by atoms with Gasteiger partial charge in [-0.2, -0.15) is 0 Å². The van der Waals surface area contributed by atoms with Crippen LogP contribution in [0.2, 0.25) is 5.02 Å². The van der Waals surface area contributed by atoms with E-state index in [1.54, 1.807) is 30.3 Å². The van der Waals surface area contributed by atoms with Crippen LogP contribution in [-0.4, -0.2) is 51.5 Å². The van der Waals surface area contributed by atoms with Crippen molar-refractivity contribution < 1.29 is 23.8 Å². The van der Waals surface area contributed by atoms with Gasteiger partial charge in [-0.15, -0.1) is 0 Å². The fraction of sp³-hybridized carbons (Fsp3) is 0.273. The molecule has 3 aromatic carbocycles. The number of hydrogen-bond acceptors (Lipinski definition) is 6. The van der Waals surface area contributed by atoms with Crippen LogP contribution in [0.25, 0.3) is 0 Å². The van der Waals surface area contributed by atoms with Crippen molar-refractivity contribution in [2.75, 3.05) is 24.5 Å². The second kappa shape index (κ2) is 14.1. The van der Waals surface area contributed by atoms with Gasteiger partial charge in [0.15, 0.2) is 0 Å². The first-order chi connectivity index (χ1) is 20.8. The first-order valence-corrected chi connectivity index (χ1v) is 14.5. The average molecular weight is 603 g/mol. The zero-order chi connectivity index (χ0) is 30.2. The lowest BCUT2D eigenvalue weighted by atomic mass is 9.90. The number of amides is 1. The van der Waals surface area contributed by atoms with Gasteiger partial charge in [-0.1, -0.05) is 54.1 Å². The van der Waals surface area contributed by atoms with E-state index in [0.717, 1.165) is 37.3 Å². The number of benzene rings is 3. The Labute approximate surface area is 254 Å². The highest BCUT2D eigenvalue weighted by Gasteiger charge is 2.26. The molecule has 1 fully saturated rings. The third-order valence-electron chi connectivity index (χ3n) is 7.41. The maximum absolute atomic E-state index is 13.8. The van der Waals surface area contributed by atoms with Crippen molar-refractivity contribution in [2.45, 2.75) is 32.4 Å². The summed E-state index contributed by atoms with van der Waals surface area (Å²) in [7, 11) is 0. The summed E-state index contributed by atoms with van der Waals surface area (Å²) >= 11 is 6.01. The molecular formula is C33H32ClFN4O4. The molecule has 1 aliphatic rings. The van der Waals surface area contributed by atoms with E-state index in [1.165, 1.54) is 30.0 Å². The molecule has 0 radical (unpaired) electrons. The lowest BCUT2D eigenvalue weighted by Gasteiger charge is -2.32. The van der Waals surface area contributed by atoms with Gasteiger partial charge in [0.05, 0.1) is 11.3 Å². The number of anilines is 1. The van der Waals surface area contributed by atoms with Crippen LogP contribution in [0.3, 0.4) is 0 Å². The van der Waals surface area contributed by atoms with Gasteiger partial charge >= 0.3 is 5.97 Å². The lowest BCUT2D eigenvalue weighted by molar-refractivity contribution is -0.137. The highest BCUT2D eigenvalue weighted by molar-refractivity contribution is 6.30. The summed E-state index contributed by atoms with van der Waals surface area (Å²) in [6.45, 7) is 0.810. The van der Waals surface area contributed by atoms with Crippen LogP contribution in [0.15, 0.2) is 85.1 Å². The van der Waals surface area contributed by atoms with E-state index in [-0.39, 0.29) is 18.7 Å². The smallest absolute Gasteiger partial charge is 0.323 e. The number of carbonyl (C=O) groups is 2. The molecule has 1 aliphatic heterocycles. The van der Waals surface area contributed by atoms with Gasteiger partial charge in [0.1, 0.15) is 24.7 Å². The van der Waals surface area contributed by atoms with Gasteiger partial charge < -0.3 is 19.6 Å². The van der Waals surface area contributed by atoms with E-state index < -0.39 is 24.2 Å². The third-order valence-corrected chi connectivity index (χ3v) is 7.67. The zero-order valence-electron chi connectivity index (χ0n) is 23.5. The maximum Gasteiger partial charge on any atom is 0.323 e. The molecule has 1 saturated heterocycles. The van der Waals surface area contributed by atoms with Crippen molar-refractivity contribution in [3.63, 3.8) is 0 Å². The number of halogens is 2. The molecule has 0 spiro atoms. The predicted molar refractivity (Wildman–Crippen MR) is 162 cm³/mol. The Morgan fingerprint density at radius 2 is 1.72 bits per heavy atom. The van der Waals surface area contributed by atoms with Crippen LogP contribution in [0.1, 0.15) is 40.0 Å². The molecule has 0 saturated carbocycles. The molecule has 222 valence electrons. The number of carboxylic acid groups (broad SMARTS) is 1. The molecule has 0 aliphatic carbocycles. The summed E-state index contributed by atoms with van der Waals surface area (Å²) in [6, 6.07) is 23.0. The normalized spacial score (nSPS) is 13.5. The molecule has 1 amide bonds. The summed E-state index contributed by atoms with van der Waals surface area (Å²) < 4.78 is 19.8. The van der Waals surface area contributed by atoms with Gasteiger partial charge in [-0.3, -0.25) is 9.59 Å². The van der Waals surface area contributed by atoms with Crippen LogP contribution in [-0.2, 0) is 24.4 Å². The number of aliphatic carboxylic acids is 1. The maximum atomic E-state index is 13.8. The van der Waals surface area contributed by atoms with Crippen molar-refractivity contribution in [1.82, 2.24) is 14.9 Å². The molecule has 4 aromatic rings. The van der Waals surface area contributed by atoms with Crippen molar-refractivity contribution in [3.05, 3.63) is 118 Å². The van der Waals surface area contributed by atoms with Crippen LogP contribution >= 0.6 is 11.6 Å². The Balaban J connectivity index is 1.37. The highest BCUT2D eigenvalue weighted by atomic mass is 35.5. The quantitative estimate of drug-likeness (QED) is 0.224. The molecule has 43 heavy (non-hydrogen) atoms. The third kappa shape index (κ3) is 8.29. The van der Waals surface area contributed by atoms with Crippen molar-refractivity contribution >= 4 is 29.4 Å². The van der Waals surface area contributed by atoms with E-state index in [1.807, 2.05) is 6.07 Å². The van der Waals surface area contributed by atoms with Crippen molar-refractivity contribution in [2.24, 2.45) is 5.92 Å². The Bertz CT molecular complexity index is 1550. The van der Waals surface area contributed by atoms with E-state index >= 15 is 0 Å². The largest absolute Gasteiger partial charge is 0.487 e. The predicted octanol–water partition coefficient (Wildman–Crippen LogP) is 6.03. The number of ether oxygens (including phenoxy) is 1. The number of nitrogens with zero attached hydrogens (tertiary/aromatic N) is 4. The molecule has 0 atom stereocenters. The van der Waals surface area contributed by atoms with E-state index in [4.69, 9.17) is 21.3 Å². The topological polar surface area (TPSA) is 95.9 Å². The van der Waals surface area contributed by atoms with Crippen molar-refractivity contribution in [1.29, 1.82) is 0 Å². The van der Waals surface area contributed by atoms with Gasteiger partial charge in [0.25, 0.3) is 5.91 Å². The fourth-order valence-electron chi connectivity index (χ4n) is 5.20. The van der Waals surface area contributed by atoms with Gasteiger partial charge in [-0.05, 0) is 72.7 Å². The molecule has 0 bridgehead atoms. The Morgan fingerprint density at radius 3 is 2.42 bits per heavy atom. The standard InChI is InChI=1S/C33H32ClFN4O4/c34-26-9-11-28(12-10-26)43-22-30-29(32(42)39(21-31(40)41)20-25-7-4-8-27(35)18-25)19-36-33(37-30)38-15-13-24(14-16-38)17-23-5-2-1-3-6-23/h1-12,18-19,24H,13-17,20-22H2,(H,40,41). The second-order valence-corrected chi connectivity index (χ2v) is 11.0. The molecule has 0 unspecified atom stereocenters. The SMILES string of the molecule is O=C(O)CN(Cc1cccc(F)c1)C(=O)c1cnc(N2CCC(Cc3ccccc3)CC2)nc1COc1ccc(Cl)cc1. The Morgan fingerprint density at radius 1 is 1.00 bits per heavy atom. The summed E-state index contributed by atoms with van der Waals surface area (Å²) in [6.07, 6.45) is 4.42. The molecular weight excluding hydrogens is 571 g/mol. The fourth-order valence-corrected chi connectivity index (χ4v) is 5.33. The zero-order valence-corrected chi connectivity index (χ0v) is 24.3. The molecule has 2 heterocycles. The van der Waals surface area contributed by atoms with Crippen molar-refractivity contribution in [3.8, 4) is 5.75 Å². The van der Waals surface area contributed by atoms with Crippen LogP contribution < -0.4 is 9.64 Å². The van der Waals surface area contributed by atoms with Crippen LogP contribution in [0, 0.1) is 11.7 Å². The first kappa shape index (κ1) is 30.0. The summed E-state index contributed by atoms with van der Waals surface area (Å²) in [4.78, 5) is 38.0. The minimum atomic E-state index is -1.19. The number of piperidine rings is 1. The van der Waals surface area contributed by atoms with Crippen LogP contribution in [0.4, 0.5) is 10.3 Å². The molecule has 1 aromatic heterocycles. The Hall–Kier alpha value is -4.50. The van der Waals surface area contributed by atoms with Gasteiger partial charge in [0.2, 0.25) is 5.95 Å². The molecule has 10 heteroatoms. The minimum absolute atomic E-state index is 0.0520. The molecule has 1 N–H and O–H groups in total.